The molecule has 0 saturated carbocycles. The molecule has 1 aromatic heterocycles. The van der Waals surface area contributed by atoms with Gasteiger partial charge in [-0.25, -0.2) is 4.98 Å². The van der Waals surface area contributed by atoms with Gasteiger partial charge in [-0.05, 0) is 6.92 Å². The fourth-order valence-corrected chi connectivity index (χ4v) is 1.08. The van der Waals surface area contributed by atoms with Crippen molar-refractivity contribution >= 4 is 11.6 Å². The van der Waals surface area contributed by atoms with Crippen LogP contribution in [-0.4, -0.2) is 24.4 Å². The second-order valence-corrected chi connectivity index (χ2v) is 3.85. The molecule has 92 valence electrons. The molecule has 0 fully saturated rings. The van der Waals surface area contributed by atoms with Gasteiger partial charge in [0, 0.05) is 6.42 Å². The highest BCUT2D eigenvalue weighted by Gasteiger charge is 2.27. The van der Waals surface area contributed by atoms with Crippen molar-refractivity contribution < 1.29 is 22.3 Å². The lowest BCUT2D eigenvalue weighted by Gasteiger charge is -2.06. The quantitative estimate of drug-likeness (QED) is 0.601. The molecule has 16 heavy (non-hydrogen) atoms. The molecule has 0 N–H and O–H groups in total. The minimum atomic E-state index is -4.29. The molecule has 1 rings (SSSR count). The van der Waals surface area contributed by atoms with E-state index in [-0.39, 0.29) is 18.4 Å². The van der Waals surface area contributed by atoms with E-state index in [9.17, 15) is 13.2 Å². The van der Waals surface area contributed by atoms with E-state index in [1.807, 2.05) is 0 Å². The number of alkyl halides is 4. The van der Waals surface area contributed by atoms with Crippen molar-refractivity contribution in [2.45, 2.75) is 24.9 Å². The Labute approximate surface area is 95.5 Å². The molecule has 1 unspecified atom stereocenters. The van der Waals surface area contributed by atoms with Gasteiger partial charge < -0.3 is 9.15 Å². The number of nitrogens with zero attached hydrogens (tertiary/aromatic N) is 1. The molecule has 0 saturated heterocycles. The van der Waals surface area contributed by atoms with Gasteiger partial charge in [0.25, 0.3) is 0 Å². The Morgan fingerprint density at radius 1 is 1.56 bits per heavy atom. The van der Waals surface area contributed by atoms with Crippen LogP contribution in [-0.2, 0) is 11.2 Å². The van der Waals surface area contributed by atoms with E-state index in [1.54, 1.807) is 6.92 Å². The summed E-state index contributed by atoms with van der Waals surface area (Å²) in [6, 6.07) is 0. The molecule has 7 heteroatoms. The summed E-state index contributed by atoms with van der Waals surface area (Å²) in [6.07, 6.45) is -2.62. The first kappa shape index (κ1) is 13.3. The Kier molecular flexibility index (Phi) is 4.61. The number of rotatable bonds is 5. The van der Waals surface area contributed by atoms with Gasteiger partial charge in [-0.15, -0.1) is 11.6 Å². The maximum Gasteiger partial charge on any atom is 0.411 e. The average molecular weight is 258 g/mol. The van der Waals surface area contributed by atoms with E-state index in [4.69, 9.17) is 16.0 Å². The highest BCUT2D eigenvalue weighted by Crippen LogP contribution is 2.19. The number of aromatic nitrogens is 1. The van der Waals surface area contributed by atoms with Crippen LogP contribution in [0.5, 0.6) is 0 Å². The van der Waals surface area contributed by atoms with Crippen LogP contribution in [0.1, 0.15) is 24.0 Å². The molecule has 0 aliphatic heterocycles. The van der Waals surface area contributed by atoms with Gasteiger partial charge in [-0.2, -0.15) is 13.2 Å². The van der Waals surface area contributed by atoms with Gasteiger partial charge >= 0.3 is 6.18 Å². The second kappa shape index (κ2) is 5.54. The fraction of sp³-hybridized carbons (Fsp3) is 0.667. The molecule has 0 spiro atoms. The maximum absolute atomic E-state index is 11.7. The first-order valence-corrected chi connectivity index (χ1v) is 5.05. The zero-order valence-electron chi connectivity index (χ0n) is 8.55. The lowest BCUT2D eigenvalue weighted by Crippen LogP contribution is -2.17. The average Bonchev–Trinajstić information content (AvgIpc) is 2.59. The van der Waals surface area contributed by atoms with Crippen molar-refractivity contribution in [1.82, 2.24) is 4.98 Å². The molecular formula is C9H11ClF3NO2. The van der Waals surface area contributed by atoms with Crippen LogP contribution in [0.4, 0.5) is 13.2 Å². The smallest absolute Gasteiger partial charge is 0.411 e. The largest absolute Gasteiger partial charge is 0.444 e. The van der Waals surface area contributed by atoms with E-state index in [1.165, 1.54) is 6.20 Å². The molecule has 0 amide bonds. The predicted molar refractivity (Wildman–Crippen MR) is 51.3 cm³/mol. The Balaban J connectivity index is 2.27. The fourth-order valence-electron chi connectivity index (χ4n) is 0.983. The van der Waals surface area contributed by atoms with E-state index in [0.29, 0.717) is 11.7 Å². The molecular weight excluding hydrogens is 247 g/mol. The Bertz CT molecular complexity index is 325. The molecule has 0 radical (unpaired) electrons. The summed E-state index contributed by atoms with van der Waals surface area (Å²) < 4.78 is 44.7. The van der Waals surface area contributed by atoms with Crippen molar-refractivity contribution in [2.75, 3.05) is 13.2 Å². The van der Waals surface area contributed by atoms with Crippen LogP contribution in [0, 0.1) is 0 Å². The van der Waals surface area contributed by atoms with Crippen LogP contribution >= 0.6 is 11.6 Å². The van der Waals surface area contributed by atoms with Crippen molar-refractivity contribution in [1.29, 1.82) is 0 Å². The number of halogens is 4. The molecule has 0 aliphatic rings. The van der Waals surface area contributed by atoms with Crippen molar-refractivity contribution in [3.63, 3.8) is 0 Å². The van der Waals surface area contributed by atoms with Crippen LogP contribution in [0.15, 0.2) is 10.6 Å². The summed E-state index contributed by atoms with van der Waals surface area (Å²) in [5.74, 6) is 0.817. The van der Waals surface area contributed by atoms with Gasteiger partial charge in [-0.1, -0.05) is 0 Å². The minimum absolute atomic E-state index is 0.0647. The molecule has 1 atom stereocenters. The third-order valence-electron chi connectivity index (χ3n) is 1.67. The molecule has 1 heterocycles. The summed E-state index contributed by atoms with van der Waals surface area (Å²) in [7, 11) is 0. The predicted octanol–water partition coefficient (Wildman–Crippen LogP) is 3.10. The molecule has 0 bridgehead atoms. The summed E-state index contributed by atoms with van der Waals surface area (Å²) in [6.45, 7) is 0.377. The summed E-state index contributed by atoms with van der Waals surface area (Å²) >= 11 is 5.70. The number of hydrogen-bond acceptors (Lipinski definition) is 3. The summed E-state index contributed by atoms with van der Waals surface area (Å²) in [4.78, 5) is 3.87. The highest BCUT2D eigenvalue weighted by atomic mass is 35.5. The number of oxazole rings is 1. The first-order valence-electron chi connectivity index (χ1n) is 4.61. The zero-order chi connectivity index (χ0) is 12.2. The Morgan fingerprint density at radius 2 is 2.25 bits per heavy atom. The minimum Gasteiger partial charge on any atom is -0.444 e. The van der Waals surface area contributed by atoms with Crippen molar-refractivity contribution in [3.05, 3.63) is 17.8 Å². The molecule has 0 aliphatic carbocycles. The third-order valence-corrected chi connectivity index (χ3v) is 1.86. The van der Waals surface area contributed by atoms with Gasteiger partial charge in [0.1, 0.15) is 17.7 Å². The number of hydrogen-bond donors (Lipinski definition) is 0. The Hall–Kier alpha value is -0.750. The van der Waals surface area contributed by atoms with Gasteiger partial charge in [0.2, 0.25) is 5.89 Å². The van der Waals surface area contributed by atoms with E-state index in [0.717, 1.165) is 0 Å². The second-order valence-electron chi connectivity index (χ2n) is 3.20. The van der Waals surface area contributed by atoms with Crippen molar-refractivity contribution in [3.8, 4) is 0 Å². The summed E-state index contributed by atoms with van der Waals surface area (Å²) in [5, 5.41) is -0.357. The number of ether oxygens (including phenoxy) is 1. The normalized spacial score (nSPS) is 14.1. The molecule has 0 aromatic carbocycles. The zero-order valence-corrected chi connectivity index (χ0v) is 9.31. The van der Waals surface area contributed by atoms with E-state index >= 15 is 0 Å². The van der Waals surface area contributed by atoms with Crippen LogP contribution in [0.2, 0.25) is 0 Å². The van der Waals surface area contributed by atoms with Crippen LogP contribution in [0.25, 0.3) is 0 Å². The summed E-state index contributed by atoms with van der Waals surface area (Å²) in [5.41, 5.74) is 0. The van der Waals surface area contributed by atoms with E-state index < -0.39 is 12.8 Å². The Morgan fingerprint density at radius 3 is 2.75 bits per heavy atom. The highest BCUT2D eigenvalue weighted by molar-refractivity contribution is 6.20. The topological polar surface area (TPSA) is 35.3 Å². The molecule has 3 nitrogen and oxygen atoms in total. The molecule has 1 aromatic rings. The first-order chi connectivity index (χ1) is 7.38. The van der Waals surface area contributed by atoms with Gasteiger partial charge in [0.15, 0.2) is 0 Å². The van der Waals surface area contributed by atoms with E-state index in [2.05, 4.69) is 9.72 Å². The monoisotopic (exact) mass is 257 g/mol. The van der Waals surface area contributed by atoms with Crippen molar-refractivity contribution in [2.24, 2.45) is 0 Å². The van der Waals surface area contributed by atoms with Gasteiger partial charge in [-0.3, -0.25) is 0 Å². The lowest BCUT2D eigenvalue weighted by molar-refractivity contribution is -0.173. The lowest BCUT2D eigenvalue weighted by atomic mass is 10.4. The van der Waals surface area contributed by atoms with Crippen LogP contribution < -0.4 is 0 Å². The van der Waals surface area contributed by atoms with Gasteiger partial charge in [0.05, 0.1) is 12.8 Å². The standard InChI is InChI=1S/C9H11ClF3NO2/c1-6(10)8-14-4-7(16-8)2-3-15-5-9(11,12)13/h4,6H,2-3,5H2,1H3. The third kappa shape index (κ3) is 4.85. The maximum atomic E-state index is 11.7. The van der Waals surface area contributed by atoms with Crippen LogP contribution in [0.3, 0.4) is 0 Å². The SMILES string of the molecule is CC(Cl)c1ncc(CCOCC(F)(F)F)o1.